The van der Waals surface area contributed by atoms with Crippen molar-refractivity contribution in [2.75, 3.05) is 6.61 Å². The van der Waals surface area contributed by atoms with Gasteiger partial charge in [-0.1, -0.05) is 6.92 Å². The molecule has 0 amide bonds. The quantitative estimate of drug-likeness (QED) is 0.754. The van der Waals surface area contributed by atoms with Crippen molar-refractivity contribution in [1.29, 1.82) is 0 Å². The molecule has 2 rings (SSSR count). The van der Waals surface area contributed by atoms with Crippen molar-refractivity contribution in [2.24, 2.45) is 7.05 Å². The van der Waals surface area contributed by atoms with E-state index in [1.165, 1.54) is 0 Å². The Labute approximate surface area is 124 Å². The standard InChI is InChI=1S/C15H19ClN2O2/c1-4-9-19-12-5-7-13(8-6-12)20-15-14(10-16)11(2)17-18(15)3/h5-8H,4,9-10H2,1-3H3. The van der Waals surface area contributed by atoms with Crippen LogP contribution in [-0.4, -0.2) is 16.4 Å². The van der Waals surface area contributed by atoms with Crippen LogP contribution >= 0.6 is 11.6 Å². The summed E-state index contributed by atoms with van der Waals surface area (Å²) in [5, 5.41) is 4.32. The SMILES string of the molecule is CCCOc1ccc(Oc2c(CCl)c(C)nn2C)cc1. The molecule has 2 aromatic rings. The number of rotatable bonds is 6. The zero-order chi connectivity index (χ0) is 14.5. The number of hydrogen-bond donors (Lipinski definition) is 0. The number of hydrogen-bond acceptors (Lipinski definition) is 3. The van der Waals surface area contributed by atoms with Crippen LogP contribution in [0.2, 0.25) is 0 Å². The van der Waals surface area contributed by atoms with Crippen LogP contribution in [0.5, 0.6) is 17.4 Å². The summed E-state index contributed by atoms with van der Waals surface area (Å²) >= 11 is 5.95. The van der Waals surface area contributed by atoms with Gasteiger partial charge < -0.3 is 9.47 Å². The molecular weight excluding hydrogens is 276 g/mol. The molecule has 0 fully saturated rings. The van der Waals surface area contributed by atoms with E-state index in [4.69, 9.17) is 21.1 Å². The Kier molecular flexibility index (Phi) is 4.90. The summed E-state index contributed by atoms with van der Waals surface area (Å²) in [6.45, 7) is 4.72. The fraction of sp³-hybridized carbons (Fsp3) is 0.400. The molecular formula is C15H19ClN2O2. The molecule has 108 valence electrons. The molecule has 1 aromatic carbocycles. The number of aryl methyl sites for hydroxylation is 2. The second-order valence-electron chi connectivity index (χ2n) is 4.55. The third kappa shape index (κ3) is 3.25. The second-order valence-corrected chi connectivity index (χ2v) is 4.82. The van der Waals surface area contributed by atoms with Gasteiger partial charge in [0.15, 0.2) is 0 Å². The Morgan fingerprint density at radius 2 is 1.85 bits per heavy atom. The van der Waals surface area contributed by atoms with E-state index in [0.717, 1.165) is 35.8 Å². The number of aromatic nitrogens is 2. The Balaban J connectivity index is 2.14. The van der Waals surface area contributed by atoms with Crippen LogP contribution in [0.1, 0.15) is 24.6 Å². The molecule has 20 heavy (non-hydrogen) atoms. The van der Waals surface area contributed by atoms with Crippen LogP contribution in [0.3, 0.4) is 0 Å². The minimum Gasteiger partial charge on any atom is -0.494 e. The predicted octanol–water partition coefficient (Wildman–Crippen LogP) is 4.05. The highest BCUT2D eigenvalue weighted by Crippen LogP contribution is 2.29. The van der Waals surface area contributed by atoms with Crippen molar-refractivity contribution in [3.63, 3.8) is 0 Å². The van der Waals surface area contributed by atoms with Gasteiger partial charge in [-0.15, -0.1) is 11.6 Å². The van der Waals surface area contributed by atoms with Crippen LogP contribution in [0.4, 0.5) is 0 Å². The van der Waals surface area contributed by atoms with Crippen molar-refractivity contribution in [1.82, 2.24) is 9.78 Å². The molecule has 4 nitrogen and oxygen atoms in total. The van der Waals surface area contributed by atoms with Gasteiger partial charge in [0.1, 0.15) is 11.5 Å². The molecule has 0 aliphatic carbocycles. The molecule has 0 bridgehead atoms. The Hall–Kier alpha value is -1.68. The van der Waals surface area contributed by atoms with Crippen LogP contribution < -0.4 is 9.47 Å². The smallest absolute Gasteiger partial charge is 0.222 e. The summed E-state index contributed by atoms with van der Waals surface area (Å²) in [5.41, 5.74) is 1.81. The summed E-state index contributed by atoms with van der Waals surface area (Å²) in [5.74, 6) is 2.65. The van der Waals surface area contributed by atoms with Crippen LogP contribution in [0.25, 0.3) is 0 Å². The fourth-order valence-corrected chi connectivity index (χ4v) is 2.21. The molecule has 0 N–H and O–H groups in total. The second kappa shape index (κ2) is 6.66. The number of nitrogens with zero attached hydrogens (tertiary/aromatic N) is 2. The van der Waals surface area contributed by atoms with E-state index >= 15 is 0 Å². The third-order valence-corrected chi connectivity index (χ3v) is 3.20. The first-order valence-corrected chi connectivity index (χ1v) is 7.18. The maximum atomic E-state index is 5.95. The zero-order valence-electron chi connectivity index (χ0n) is 12.0. The summed E-state index contributed by atoms with van der Waals surface area (Å²) in [6.07, 6.45) is 0.992. The predicted molar refractivity (Wildman–Crippen MR) is 79.8 cm³/mol. The number of ether oxygens (including phenoxy) is 2. The maximum absolute atomic E-state index is 5.95. The first-order chi connectivity index (χ1) is 9.65. The van der Waals surface area contributed by atoms with Gasteiger partial charge in [-0.05, 0) is 37.6 Å². The van der Waals surface area contributed by atoms with E-state index in [1.807, 2.05) is 38.2 Å². The average Bonchev–Trinajstić information content (AvgIpc) is 2.72. The van der Waals surface area contributed by atoms with Gasteiger partial charge in [0.25, 0.3) is 0 Å². The fourth-order valence-electron chi connectivity index (χ4n) is 1.90. The molecule has 0 saturated heterocycles. The molecule has 1 heterocycles. The summed E-state index contributed by atoms with van der Waals surface area (Å²) in [7, 11) is 1.84. The zero-order valence-corrected chi connectivity index (χ0v) is 12.8. The molecule has 0 aliphatic rings. The largest absolute Gasteiger partial charge is 0.494 e. The number of halogens is 1. The first-order valence-electron chi connectivity index (χ1n) is 6.64. The van der Waals surface area contributed by atoms with E-state index in [-0.39, 0.29) is 0 Å². The van der Waals surface area contributed by atoms with E-state index in [1.54, 1.807) is 4.68 Å². The molecule has 0 spiro atoms. The molecule has 0 saturated carbocycles. The van der Waals surface area contributed by atoms with Crippen molar-refractivity contribution >= 4 is 11.6 Å². The van der Waals surface area contributed by atoms with Crippen molar-refractivity contribution in [3.05, 3.63) is 35.5 Å². The minimum absolute atomic E-state index is 0.382. The van der Waals surface area contributed by atoms with Gasteiger partial charge in [-0.3, -0.25) is 0 Å². The van der Waals surface area contributed by atoms with Gasteiger partial charge >= 0.3 is 0 Å². The Bertz CT molecular complexity index is 564. The molecule has 0 radical (unpaired) electrons. The number of alkyl halides is 1. The Morgan fingerprint density at radius 3 is 2.45 bits per heavy atom. The monoisotopic (exact) mass is 294 g/mol. The minimum atomic E-state index is 0.382. The molecule has 0 atom stereocenters. The third-order valence-electron chi connectivity index (χ3n) is 2.93. The van der Waals surface area contributed by atoms with Crippen LogP contribution in [-0.2, 0) is 12.9 Å². The summed E-state index contributed by atoms with van der Waals surface area (Å²) in [4.78, 5) is 0. The van der Waals surface area contributed by atoms with Gasteiger partial charge in [0.05, 0.1) is 23.7 Å². The van der Waals surface area contributed by atoms with Crippen molar-refractivity contribution in [3.8, 4) is 17.4 Å². The summed E-state index contributed by atoms with van der Waals surface area (Å²) < 4.78 is 13.1. The van der Waals surface area contributed by atoms with Crippen LogP contribution in [0, 0.1) is 6.92 Å². The first kappa shape index (κ1) is 14.7. The van der Waals surface area contributed by atoms with Gasteiger partial charge in [0, 0.05) is 7.05 Å². The lowest BCUT2D eigenvalue weighted by atomic mass is 10.3. The lowest BCUT2D eigenvalue weighted by Gasteiger charge is -2.09. The molecule has 1 aromatic heterocycles. The highest BCUT2D eigenvalue weighted by molar-refractivity contribution is 6.17. The average molecular weight is 295 g/mol. The maximum Gasteiger partial charge on any atom is 0.222 e. The topological polar surface area (TPSA) is 36.3 Å². The molecule has 0 unspecified atom stereocenters. The van der Waals surface area contributed by atoms with Crippen molar-refractivity contribution < 1.29 is 9.47 Å². The van der Waals surface area contributed by atoms with E-state index in [2.05, 4.69) is 12.0 Å². The highest BCUT2D eigenvalue weighted by atomic mass is 35.5. The normalized spacial score (nSPS) is 10.6. The van der Waals surface area contributed by atoms with Gasteiger partial charge in [0.2, 0.25) is 5.88 Å². The van der Waals surface area contributed by atoms with Gasteiger partial charge in [-0.25, -0.2) is 4.68 Å². The summed E-state index contributed by atoms with van der Waals surface area (Å²) in [6, 6.07) is 7.56. The lowest BCUT2D eigenvalue weighted by molar-refractivity contribution is 0.317. The molecule has 5 heteroatoms. The van der Waals surface area contributed by atoms with Crippen molar-refractivity contribution in [2.45, 2.75) is 26.1 Å². The Morgan fingerprint density at radius 1 is 1.20 bits per heavy atom. The van der Waals surface area contributed by atoms with Crippen LogP contribution in [0.15, 0.2) is 24.3 Å². The highest BCUT2D eigenvalue weighted by Gasteiger charge is 2.14. The van der Waals surface area contributed by atoms with E-state index in [0.29, 0.717) is 11.8 Å². The van der Waals surface area contributed by atoms with E-state index < -0.39 is 0 Å². The lowest BCUT2D eigenvalue weighted by Crippen LogP contribution is -1.97. The number of benzene rings is 1. The van der Waals surface area contributed by atoms with Gasteiger partial charge in [-0.2, -0.15) is 5.10 Å². The van der Waals surface area contributed by atoms with E-state index in [9.17, 15) is 0 Å². The molecule has 0 aliphatic heterocycles.